The van der Waals surface area contributed by atoms with Gasteiger partial charge in [-0.25, -0.2) is 0 Å². The van der Waals surface area contributed by atoms with Gasteiger partial charge in [0.05, 0.1) is 0 Å². The average Bonchev–Trinajstić information content (AvgIpc) is 2.51. The van der Waals surface area contributed by atoms with E-state index >= 15 is 0 Å². The van der Waals surface area contributed by atoms with E-state index in [0.717, 1.165) is 31.7 Å². The predicted octanol–water partition coefficient (Wildman–Crippen LogP) is 2.06. The molecule has 22 heavy (non-hydrogen) atoms. The fourth-order valence-electron chi connectivity index (χ4n) is 2.86. The molecule has 1 aromatic carbocycles. The van der Waals surface area contributed by atoms with Crippen LogP contribution in [-0.2, 0) is 6.54 Å². The Morgan fingerprint density at radius 2 is 1.91 bits per heavy atom. The highest BCUT2D eigenvalue weighted by atomic mass is 32.1. The number of hydrogen-bond donors (Lipinski definition) is 2. The maximum Gasteiger partial charge on any atom is 0.256 e. The molecule has 1 aliphatic heterocycles. The van der Waals surface area contributed by atoms with Gasteiger partial charge in [-0.15, -0.1) is 0 Å². The van der Waals surface area contributed by atoms with Gasteiger partial charge in [-0.2, -0.15) is 0 Å². The van der Waals surface area contributed by atoms with Crippen LogP contribution in [0.3, 0.4) is 0 Å². The average molecular weight is 316 g/mol. The zero-order chi connectivity index (χ0) is 15.5. The standard InChI is InChI=1S/C16H20N4OS/c1-12-4-2-3-5-14(12)20-8-6-19(7-9-20)11-13-10-17-16(22)18-15(13)21/h2-5,10H,6-9,11H2,1H3,(H2,17,18,21,22). The maximum atomic E-state index is 11.9. The fourth-order valence-corrected chi connectivity index (χ4v) is 3.01. The van der Waals surface area contributed by atoms with Crippen LogP contribution in [0.2, 0.25) is 0 Å². The van der Waals surface area contributed by atoms with Crippen molar-refractivity contribution in [2.24, 2.45) is 0 Å². The third-order valence-electron chi connectivity index (χ3n) is 4.12. The van der Waals surface area contributed by atoms with E-state index in [2.05, 4.69) is 51.0 Å². The molecule has 3 rings (SSSR count). The highest BCUT2D eigenvalue weighted by Gasteiger charge is 2.19. The van der Waals surface area contributed by atoms with E-state index in [4.69, 9.17) is 12.2 Å². The summed E-state index contributed by atoms with van der Waals surface area (Å²) in [6.07, 6.45) is 1.72. The van der Waals surface area contributed by atoms with Gasteiger partial charge in [0.25, 0.3) is 5.56 Å². The molecule has 1 saturated heterocycles. The second kappa shape index (κ2) is 6.46. The van der Waals surface area contributed by atoms with Crippen LogP contribution in [0.5, 0.6) is 0 Å². The fraction of sp³-hybridized carbons (Fsp3) is 0.375. The highest BCUT2D eigenvalue weighted by Crippen LogP contribution is 2.21. The topological polar surface area (TPSA) is 55.1 Å². The molecular formula is C16H20N4OS. The molecule has 6 heteroatoms. The second-order valence-electron chi connectivity index (χ2n) is 5.65. The van der Waals surface area contributed by atoms with Crippen molar-refractivity contribution in [3.63, 3.8) is 0 Å². The summed E-state index contributed by atoms with van der Waals surface area (Å²) in [5, 5.41) is 0. The van der Waals surface area contributed by atoms with E-state index in [1.54, 1.807) is 6.20 Å². The lowest BCUT2D eigenvalue weighted by Gasteiger charge is -2.36. The number of piperazine rings is 1. The van der Waals surface area contributed by atoms with Crippen LogP contribution in [0, 0.1) is 11.7 Å². The number of nitrogens with zero attached hydrogens (tertiary/aromatic N) is 2. The highest BCUT2D eigenvalue weighted by molar-refractivity contribution is 7.71. The van der Waals surface area contributed by atoms with Crippen molar-refractivity contribution < 1.29 is 0 Å². The zero-order valence-corrected chi connectivity index (χ0v) is 13.4. The number of aromatic amines is 2. The SMILES string of the molecule is Cc1ccccc1N1CCN(Cc2c[nH]c(=S)[nH]c2=O)CC1. The van der Waals surface area contributed by atoms with E-state index in [1.807, 2.05) is 0 Å². The van der Waals surface area contributed by atoms with Gasteiger partial charge in [-0.3, -0.25) is 14.7 Å². The molecule has 0 unspecified atom stereocenters. The summed E-state index contributed by atoms with van der Waals surface area (Å²) in [5.41, 5.74) is 3.26. The van der Waals surface area contributed by atoms with E-state index in [0.29, 0.717) is 11.3 Å². The van der Waals surface area contributed by atoms with Crippen molar-refractivity contribution in [1.29, 1.82) is 0 Å². The Morgan fingerprint density at radius 1 is 1.18 bits per heavy atom. The van der Waals surface area contributed by atoms with Gasteiger partial charge in [0, 0.05) is 50.2 Å². The molecular weight excluding hydrogens is 296 g/mol. The number of aryl methyl sites for hydroxylation is 1. The molecule has 0 bridgehead atoms. The minimum absolute atomic E-state index is 0.0925. The summed E-state index contributed by atoms with van der Waals surface area (Å²) < 4.78 is 0.373. The van der Waals surface area contributed by atoms with Crippen molar-refractivity contribution in [3.8, 4) is 0 Å². The quantitative estimate of drug-likeness (QED) is 0.851. The van der Waals surface area contributed by atoms with Crippen molar-refractivity contribution in [1.82, 2.24) is 14.9 Å². The van der Waals surface area contributed by atoms with Gasteiger partial charge in [0.15, 0.2) is 4.77 Å². The lowest BCUT2D eigenvalue weighted by Crippen LogP contribution is -2.46. The number of benzene rings is 1. The Morgan fingerprint density at radius 3 is 2.59 bits per heavy atom. The smallest absolute Gasteiger partial charge is 0.256 e. The number of rotatable bonds is 3. The van der Waals surface area contributed by atoms with Crippen LogP contribution in [-0.4, -0.2) is 41.0 Å². The van der Waals surface area contributed by atoms with Gasteiger partial charge < -0.3 is 9.88 Å². The molecule has 2 aromatic rings. The van der Waals surface area contributed by atoms with E-state index in [1.165, 1.54) is 11.3 Å². The second-order valence-corrected chi connectivity index (χ2v) is 6.06. The molecule has 1 aliphatic rings. The number of hydrogen-bond acceptors (Lipinski definition) is 4. The molecule has 2 heterocycles. The Kier molecular flexibility index (Phi) is 4.40. The van der Waals surface area contributed by atoms with Crippen molar-refractivity contribution in [3.05, 3.63) is 56.7 Å². The molecule has 0 atom stereocenters. The van der Waals surface area contributed by atoms with Crippen molar-refractivity contribution in [2.45, 2.75) is 13.5 Å². The van der Waals surface area contributed by atoms with E-state index < -0.39 is 0 Å². The first-order valence-electron chi connectivity index (χ1n) is 7.47. The molecule has 2 N–H and O–H groups in total. The lowest BCUT2D eigenvalue weighted by atomic mass is 10.1. The number of aromatic nitrogens is 2. The van der Waals surface area contributed by atoms with Crippen LogP contribution in [0.1, 0.15) is 11.1 Å². The van der Waals surface area contributed by atoms with Crippen LogP contribution < -0.4 is 10.5 Å². The monoisotopic (exact) mass is 316 g/mol. The Balaban J connectivity index is 1.64. The zero-order valence-electron chi connectivity index (χ0n) is 12.6. The van der Waals surface area contributed by atoms with E-state index in [9.17, 15) is 4.79 Å². The molecule has 0 saturated carbocycles. The summed E-state index contributed by atoms with van der Waals surface area (Å²) in [6.45, 7) is 6.65. The summed E-state index contributed by atoms with van der Waals surface area (Å²) in [7, 11) is 0. The van der Waals surface area contributed by atoms with Gasteiger partial charge in [0.2, 0.25) is 0 Å². The largest absolute Gasteiger partial charge is 0.369 e. The van der Waals surface area contributed by atoms with E-state index in [-0.39, 0.29) is 5.56 Å². The first kappa shape index (κ1) is 15.0. The van der Waals surface area contributed by atoms with Crippen molar-refractivity contribution >= 4 is 17.9 Å². The number of para-hydroxylation sites is 1. The molecule has 0 spiro atoms. The third-order valence-corrected chi connectivity index (χ3v) is 4.34. The van der Waals surface area contributed by atoms with Crippen LogP contribution in [0.15, 0.2) is 35.3 Å². The maximum absolute atomic E-state index is 11.9. The molecule has 1 aromatic heterocycles. The molecule has 116 valence electrons. The van der Waals surface area contributed by atoms with Gasteiger partial charge in [-0.05, 0) is 30.8 Å². The minimum Gasteiger partial charge on any atom is -0.369 e. The van der Waals surface area contributed by atoms with Gasteiger partial charge in [0.1, 0.15) is 0 Å². The summed E-state index contributed by atoms with van der Waals surface area (Å²) >= 11 is 4.91. The number of H-pyrrole nitrogens is 2. The minimum atomic E-state index is -0.0925. The first-order valence-corrected chi connectivity index (χ1v) is 7.88. The predicted molar refractivity (Wildman–Crippen MR) is 90.9 cm³/mol. The molecule has 0 aliphatic carbocycles. The molecule has 0 amide bonds. The molecule has 1 fully saturated rings. The van der Waals surface area contributed by atoms with Crippen molar-refractivity contribution in [2.75, 3.05) is 31.1 Å². The Hall–Kier alpha value is -1.92. The molecule has 5 nitrogen and oxygen atoms in total. The summed E-state index contributed by atoms with van der Waals surface area (Å²) in [6, 6.07) is 8.47. The summed E-state index contributed by atoms with van der Waals surface area (Å²) in [5.74, 6) is 0. The lowest BCUT2D eigenvalue weighted by molar-refractivity contribution is 0.248. The van der Waals surface area contributed by atoms with Crippen LogP contribution in [0.4, 0.5) is 5.69 Å². The summed E-state index contributed by atoms with van der Waals surface area (Å²) in [4.78, 5) is 22.1. The van der Waals surface area contributed by atoms with Crippen LogP contribution in [0.25, 0.3) is 0 Å². The Labute approximate surface area is 134 Å². The van der Waals surface area contributed by atoms with Crippen LogP contribution >= 0.6 is 12.2 Å². The Bertz CT molecular complexity index is 759. The van der Waals surface area contributed by atoms with Gasteiger partial charge >= 0.3 is 0 Å². The number of anilines is 1. The first-order chi connectivity index (χ1) is 10.6. The third kappa shape index (κ3) is 3.28. The van der Waals surface area contributed by atoms with Gasteiger partial charge in [-0.1, -0.05) is 18.2 Å². The number of nitrogens with one attached hydrogen (secondary N) is 2. The normalized spacial score (nSPS) is 16.0. The molecule has 0 radical (unpaired) electrons.